The van der Waals surface area contributed by atoms with Gasteiger partial charge in [0.25, 0.3) is 0 Å². The molecule has 0 aromatic carbocycles. The lowest BCUT2D eigenvalue weighted by molar-refractivity contribution is 0.742. The van der Waals surface area contributed by atoms with Gasteiger partial charge in [-0.25, -0.2) is 0 Å². The maximum atomic E-state index is 3.13. The first-order valence-corrected chi connectivity index (χ1v) is 4.02. The molecule has 0 aromatic rings. The second-order valence-electron chi connectivity index (χ2n) is 2.31. The van der Waals surface area contributed by atoms with Gasteiger partial charge in [0.1, 0.15) is 0 Å². The van der Waals surface area contributed by atoms with Crippen LogP contribution >= 0.6 is 0 Å². The third-order valence-corrected chi connectivity index (χ3v) is 1.23. The van der Waals surface area contributed by atoms with Gasteiger partial charge in [-0.15, -0.1) is 11.8 Å². The Balaban J connectivity index is 0. The molecule has 0 heterocycles. The first-order chi connectivity index (χ1) is 4.91. The minimum atomic E-state index is 0. The second kappa shape index (κ2) is 8.52. The van der Waals surface area contributed by atoms with Crippen molar-refractivity contribution in [3.63, 3.8) is 0 Å². The summed E-state index contributed by atoms with van der Waals surface area (Å²) in [5.74, 6) is 6.25. The molecule has 0 saturated carbocycles. The van der Waals surface area contributed by atoms with Crippen LogP contribution in [0.25, 0.3) is 0 Å². The largest absolute Gasteiger partial charge is 0.320 e. The number of hydrogen-bond donors (Lipinski definition) is 1. The zero-order chi connectivity index (χ0) is 7.66. The SMILES string of the molecule is CCCC#CCCCNC.[HH]. The van der Waals surface area contributed by atoms with Crippen molar-refractivity contribution >= 4 is 0 Å². The second-order valence-corrected chi connectivity index (χ2v) is 2.31. The molecule has 0 aliphatic carbocycles. The van der Waals surface area contributed by atoms with Crippen LogP contribution in [0.3, 0.4) is 0 Å². The molecule has 0 rings (SSSR count). The highest BCUT2D eigenvalue weighted by Gasteiger charge is 1.78. The average Bonchev–Trinajstić information content (AvgIpc) is 1.97. The van der Waals surface area contributed by atoms with Gasteiger partial charge in [0.2, 0.25) is 0 Å². The molecule has 0 saturated heterocycles. The summed E-state index contributed by atoms with van der Waals surface area (Å²) in [6, 6.07) is 0. The Labute approximate surface area is 65.7 Å². The normalized spacial score (nSPS) is 8.60. The van der Waals surface area contributed by atoms with Gasteiger partial charge in [-0.05, 0) is 26.4 Å². The van der Waals surface area contributed by atoms with E-state index in [1.165, 1.54) is 12.8 Å². The van der Waals surface area contributed by atoms with Crippen LogP contribution in [0, 0.1) is 11.8 Å². The van der Waals surface area contributed by atoms with Gasteiger partial charge in [0, 0.05) is 14.3 Å². The Morgan fingerprint density at radius 2 is 2.00 bits per heavy atom. The number of nitrogens with one attached hydrogen (secondary N) is 1. The summed E-state index contributed by atoms with van der Waals surface area (Å²) in [4.78, 5) is 0. The molecule has 0 aliphatic rings. The van der Waals surface area contributed by atoms with Crippen LogP contribution in [0.2, 0.25) is 0 Å². The van der Waals surface area contributed by atoms with Gasteiger partial charge in [0.15, 0.2) is 0 Å². The molecular weight excluding hydrogens is 122 g/mol. The number of rotatable bonds is 4. The number of unbranched alkanes of at least 4 members (excludes halogenated alkanes) is 2. The van der Waals surface area contributed by atoms with E-state index in [0.29, 0.717) is 0 Å². The average molecular weight is 141 g/mol. The molecule has 60 valence electrons. The lowest BCUT2D eigenvalue weighted by Crippen LogP contribution is -2.06. The topological polar surface area (TPSA) is 12.0 Å². The van der Waals surface area contributed by atoms with E-state index in [2.05, 4.69) is 24.1 Å². The van der Waals surface area contributed by atoms with E-state index in [9.17, 15) is 0 Å². The van der Waals surface area contributed by atoms with E-state index < -0.39 is 0 Å². The monoisotopic (exact) mass is 141 g/mol. The van der Waals surface area contributed by atoms with Crippen molar-refractivity contribution in [3.05, 3.63) is 0 Å². The minimum absolute atomic E-state index is 0. The fourth-order valence-corrected chi connectivity index (χ4v) is 0.655. The van der Waals surface area contributed by atoms with Crippen molar-refractivity contribution in [2.75, 3.05) is 13.6 Å². The van der Waals surface area contributed by atoms with E-state index in [4.69, 9.17) is 0 Å². The molecule has 1 heteroatoms. The van der Waals surface area contributed by atoms with Crippen LogP contribution in [0.4, 0.5) is 0 Å². The van der Waals surface area contributed by atoms with Crippen LogP contribution in [-0.4, -0.2) is 13.6 Å². The van der Waals surface area contributed by atoms with Gasteiger partial charge in [0.05, 0.1) is 0 Å². The molecule has 0 aromatic heterocycles. The molecule has 10 heavy (non-hydrogen) atoms. The molecule has 0 unspecified atom stereocenters. The van der Waals surface area contributed by atoms with Crippen molar-refractivity contribution in [2.24, 2.45) is 0 Å². The predicted octanol–water partition coefficient (Wildman–Crippen LogP) is 2.04. The van der Waals surface area contributed by atoms with E-state index in [0.717, 1.165) is 19.4 Å². The quantitative estimate of drug-likeness (QED) is 0.466. The summed E-state index contributed by atoms with van der Waals surface area (Å²) >= 11 is 0. The lowest BCUT2D eigenvalue weighted by atomic mass is 10.3. The maximum Gasteiger partial charge on any atom is 0.0101 e. The molecule has 0 atom stereocenters. The van der Waals surface area contributed by atoms with Crippen LogP contribution < -0.4 is 5.32 Å². The van der Waals surface area contributed by atoms with E-state index in [1.54, 1.807) is 0 Å². The summed E-state index contributed by atoms with van der Waals surface area (Å²) in [7, 11) is 1.97. The Morgan fingerprint density at radius 1 is 1.30 bits per heavy atom. The molecule has 0 aliphatic heterocycles. The van der Waals surface area contributed by atoms with Crippen molar-refractivity contribution in [3.8, 4) is 11.8 Å². The highest BCUT2D eigenvalue weighted by Crippen LogP contribution is 1.85. The maximum absolute atomic E-state index is 3.13. The van der Waals surface area contributed by atoms with Crippen LogP contribution in [0.15, 0.2) is 0 Å². The van der Waals surface area contributed by atoms with E-state index in [1.807, 2.05) is 7.05 Å². The van der Waals surface area contributed by atoms with Crippen LogP contribution in [-0.2, 0) is 0 Å². The summed E-state index contributed by atoms with van der Waals surface area (Å²) in [5, 5.41) is 3.09. The Bertz CT molecular complexity index is 112. The number of hydrogen-bond acceptors (Lipinski definition) is 1. The van der Waals surface area contributed by atoms with Crippen molar-refractivity contribution in [1.29, 1.82) is 0 Å². The molecule has 1 nitrogen and oxygen atoms in total. The Hall–Kier alpha value is -0.480. The summed E-state index contributed by atoms with van der Waals surface area (Å²) < 4.78 is 0. The highest BCUT2D eigenvalue weighted by molar-refractivity contribution is 4.98. The van der Waals surface area contributed by atoms with Crippen molar-refractivity contribution in [1.82, 2.24) is 5.32 Å². The fraction of sp³-hybridized carbons (Fsp3) is 0.778. The molecular formula is C9H19N. The van der Waals surface area contributed by atoms with Crippen molar-refractivity contribution in [2.45, 2.75) is 32.6 Å². The molecule has 0 bridgehead atoms. The molecule has 1 N–H and O–H groups in total. The van der Waals surface area contributed by atoms with E-state index >= 15 is 0 Å². The summed E-state index contributed by atoms with van der Waals surface area (Å²) in [6.07, 6.45) is 4.45. The van der Waals surface area contributed by atoms with Gasteiger partial charge in [-0.1, -0.05) is 6.92 Å². The van der Waals surface area contributed by atoms with Crippen molar-refractivity contribution < 1.29 is 1.43 Å². The van der Waals surface area contributed by atoms with Gasteiger partial charge in [-0.3, -0.25) is 0 Å². The summed E-state index contributed by atoms with van der Waals surface area (Å²) in [5.41, 5.74) is 0. The lowest BCUT2D eigenvalue weighted by Gasteiger charge is -1.90. The van der Waals surface area contributed by atoms with Gasteiger partial charge >= 0.3 is 0 Å². The van der Waals surface area contributed by atoms with Gasteiger partial charge < -0.3 is 5.32 Å². The zero-order valence-corrected chi connectivity index (χ0v) is 7.04. The Morgan fingerprint density at radius 3 is 2.60 bits per heavy atom. The van der Waals surface area contributed by atoms with E-state index in [-0.39, 0.29) is 1.43 Å². The standard InChI is InChI=1S/C9H17N.H2/c1-3-4-5-6-7-8-9-10-2;/h10H,3-4,7-9H2,1-2H3;1H. The fourth-order valence-electron chi connectivity index (χ4n) is 0.655. The summed E-state index contributed by atoms with van der Waals surface area (Å²) in [6.45, 7) is 3.24. The molecule has 0 fully saturated rings. The third kappa shape index (κ3) is 7.52. The molecule has 0 spiro atoms. The Kier molecular flexibility index (Phi) is 8.11. The smallest absolute Gasteiger partial charge is 0.0101 e. The molecule has 0 radical (unpaired) electrons. The van der Waals surface area contributed by atoms with Crippen LogP contribution in [0.5, 0.6) is 0 Å². The zero-order valence-electron chi connectivity index (χ0n) is 7.04. The highest BCUT2D eigenvalue weighted by atomic mass is 14.8. The first kappa shape index (κ1) is 9.52. The van der Waals surface area contributed by atoms with Gasteiger partial charge in [-0.2, -0.15) is 0 Å². The first-order valence-electron chi connectivity index (χ1n) is 4.02. The predicted molar refractivity (Wildman–Crippen MR) is 48.0 cm³/mol. The van der Waals surface area contributed by atoms with Crippen LogP contribution in [0.1, 0.15) is 34.0 Å². The minimum Gasteiger partial charge on any atom is -0.320 e. The third-order valence-electron chi connectivity index (χ3n) is 1.23. The molecule has 0 amide bonds.